The molecule has 0 fully saturated rings. The van der Waals surface area contributed by atoms with Gasteiger partial charge in [0.1, 0.15) is 5.75 Å². The molecule has 2 aromatic rings. The minimum absolute atomic E-state index is 0.607. The first-order valence-electron chi connectivity index (χ1n) is 6.48. The number of anilines is 2. The maximum atomic E-state index is 6.27. The first-order chi connectivity index (χ1) is 9.77. The Hall–Kier alpha value is -1.78. The van der Waals surface area contributed by atoms with Crippen molar-refractivity contribution in [3.8, 4) is 5.75 Å². The van der Waals surface area contributed by atoms with Crippen molar-refractivity contribution in [3.63, 3.8) is 0 Å². The highest BCUT2D eigenvalue weighted by Crippen LogP contribution is 2.36. The Morgan fingerprint density at radius 2 is 2.05 bits per heavy atom. The second-order valence-electron chi connectivity index (χ2n) is 4.29. The van der Waals surface area contributed by atoms with Crippen LogP contribution in [0.1, 0.15) is 6.42 Å². The van der Waals surface area contributed by atoms with E-state index in [1.54, 1.807) is 19.5 Å². The molecule has 0 spiro atoms. The summed E-state index contributed by atoms with van der Waals surface area (Å²) in [5.41, 5.74) is 7.51. The first kappa shape index (κ1) is 14.6. The van der Waals surface area contributed by atoms with Gasteiger partial charge in [0.2, 0.25) is 0 Å². The van der Waals surface area contributed by atoms with Crippen LogP contribution in [0.5, 0.6) is 5.75 Å². The summed E-state index contributed by atoms with van der Waals surface area (Å²) in [4.78, 5) is 6.14. The van der Waals surface area contributed by atoms with E-state index in [1.807, 2.05) is 30.3 Å². The first-order valence-corrected chi connectivity index (χ1v) is 6.86. The smallest absolute Gasteiger partial charge is 0.142 e. The fraction of sp³-hybridized carbons (Fsp3) is 0.267. The Balaban J connectivity index is 2.44. The molecule has 2 N–H and O–H groups in total. The molecule has 4 nitrogen and oxygen atoms in total. The van der Waals surface area contributed by atoms with Crippen molar-refractivity contribution in [2.45, 2.75) is 6.42 Å². The van der Waals surface area contributed by atoms with Crippen molar-refractivity contribution in [1.29, 1.82) is 0 Å². The Bertz CT molecular complexity index is 562. The molecule has 0 aliphatic carbocycles. The molecule has 0 radical (unpaired) electrons. The summed E-state index contributed by atoms with van der Waals surface area (Å²) < 4.78 is 5.44. The van der Waals surface area contributed by atoms with Crippen LogP contribution in [0.15, 0.2) is 42.7 Å². The Kier molecular flexibility index (Phi) is 5.21. The Morgan fingerprint density at radius 1 is 1.25 bits per heavy atom. The third kappa shape index (κ3) is 3.21. The highest BCUT2D eigenvalue weighted by molar-refractivity contribution is 6.33. The second kappa shape index (κ2) is 7.12. The van der Waals surface area contributed by atoms with Crippen LogP contribution in [0, 0.1) is 0 Å². The predicted octanol–water partition coefficient (Wildman–Crippen LogP) is 3.23. The number of halogens is 1. The normalized spacial score (nSPS) is 10.3. The number of hydrogen-bond acceptors (Lipinski definition) is 4. The van der Waals surface area contributed by atoms with Crippen LogP contribution in [-0.2, 0) is 0 Å². The SMILES string of the molecule is COc1ccccc1N(CCCN)c1ccncc1Cl. The van der Waals surface area contributed by atoms with Crippen LogP contribution in [-0.4, -0.2) is 25.2 Å². The van der Waals surface area contributed by atoms with E-state index >= 15 is 0 Å². The summed E-state index contributed by atoms with van der Waals surface area (Å²) in [7, 11) is 1.66. The largest absolute Gasteiger partial charge is 0.495 e. The molecule has 0 atom stereocenters. The van der Waals surface area contributed by atoms with Crippen LogP contribution in [0.2, 0.25) is 5.02 Å². The standard InChI is InChI=1S/C15H18ClN3O/c1-20-15-6-3-2-5-14(15)19(10-4-8-17)13-7-9-18-11-12(13)16/h2-3,5-7,9,11H,4,8,10,17H2,1H3. The summed E-state index contributed by atoms with van der Waals surface area (Å²) in [6, 6.07) is 9.75. The maximum Gasteiger partial charge on any atom is 0.142 e. The van der Waals surface area contributed by atoms with Gasteiger partial charge >= 0.3 is 0 Å². The quantitative estimate of drug-likeness (QED) is 0.888. The zero-order chi connectivity index (χ0) is 14.4. The van der Waals surface area contributed by atoms with E-state index in [-0.39, 0.29) is 0 Å². The molecule has 1 aromatic carbocycles. The van der Waals surface area contributed by atoms with E-state index < -0.39 is 0 Å². The van der Waals surface area contributed by atoms with Gasteiger partial charge in [-0.1, -0.05) is 23.7 Å². The molecule has 2 rings (SSSR count). The van der Waals surface area contributed by atoms with E-state index in [2.05, 4.69) is 9.88 Å². The van der Waals surface area contributed by atoms with Crippen LogP contribution >= 0.6 is 11.6 Å². The topological polar surface area (TPSA) is 51.4 Å². The Morgan fingerprint density at radius 3 is 2.75 bits per heavy atom. The minimum Gasteiger partial charge on any atom is -0.495 e. The third-order valence-corrected chi connectivity index (χ3v) is 3.29. The number of nitrogens with two attached hydrogens (primary N) is 1. The number of nitrogens with zero attached hydrogens (tertiary/aromatic N) is 2. The van der Waals surface area contributed by atoms with Crippen molar-refractivity contribution in [2.75, 3.05) is 25.1 Å². The van der Waals surface area contributed by atoms with E-state index in [0.29, 0.717) is 11.6 Å². The van der Waals surface area contributed by atoms with Crippen LogP contribution < -0.4 is 15.4 Å². The fourth-order valence-corrected chi connectivity index (χ4v) is 2.28. The van der Waals surface area contributed by atoms with Gasteiger partial charge < -0.3 is 15.4 Å². The molecule has 0 aliphatic heterocycles. The number of para-hydroxylation sites is 2. The molecule has 1 heterocycles. The summed E-state index contributed by atoms with van der Waals surface area (Å²) in [6.45, 7) is 1.38. The lowest BCUT2D eigenvalue weighted by Crippen LogP contribution is -2.21. The number of aromatic nitrogens is 1. The summed E-state index contributed by atoms with van der Waals surface area (Å²) >= 11 is 6.27. The minimum atomic E-state index is 0.607. The molecule has 0 saturated carbocycles. The molecule has 0 bridgehead atoms. The molecule has 20 heavy (non-hydrogen) atoms. The van der Waals surface area contributed by atoms with Crippen molar-refractivity contribution in [2.24, 2.45) is 5.73 Å². The molecular formula is C15H18ClN3O. The number of methoxy groups -OCH3 is 1. The van der Waals surface area contributed by atoms with Crippen molar-refractivity contribution in [1.82, 2.24) is 4.98 Å². The molecule has 0 aliphatic rings. The van der Waals surface area contributed by atoms with Gasteiger partial charge in [-0.05, 0) is 31.2 Å². The maximum absolute atomic E-state index is 6.27. The molecule has 0 saturated heterocycles. The molecule has 0 unspecified atom stereocenters. The van der Waals surface area contributed by atoms with Crippen molar-refractivity contribution in [3.05, 3.63) is 47.7 Å². The van der Waals surface area contributed by atoms with Crippen LogP contribution in [0.4, 0.5) is 11.4 Å². The Labute approximate surface area is 124 Å². The molecule has 1 aromatic heterocycles. The van der Waals surface area contributed by atoms with Crippen molar-refractivity contribution < 1.29 is 4.74 Å². The fourth-order valence-electron chi connectivity index (χ4n) is 2.06. The highest BCUT2D eigenvalue weighted by atomic mass is 35.5. The lowest BCUT2D eigenvalue weighted by atomic mass is 10.2. The number of ether oxygens (including phenoxy) is 1. The lowest BCUT2D eigenvalue weighted by molar-refractivity contribution is 0.415. The third-order valence-electron chi connectivity index (χ3n) is 3.00. The van der Waals surface area contributed by atoms with Crippen LogP contribution in [0.25, 0.3) is 0 Å². The molecule has 106 valence electrons. The predicted molar refractivity (Wildman–Crippen MR) is 82.9 cm³/mol. The average molecular weight is 292 g/mol. The summed E-state index contributed by atoms with van der Waals surface area (Å²) in [6.07, 6.45) is 4.23. The van der Waals surface area contributed by atoms with Gasteiger partial charge in [0.25, 0.3) is 0 Å². The number of benzene rings is 1. The lowest BCUT2D eigenvalue weighted by Gasteiger charge is -2.27. The van der Waals surface area contributed by atoms with Gasteiger partial charge in [0.15, 0.2) is 0 Å². The second-order valence-corrected chi connectivity index (χ2v) is 4.70. The highest BCUT2D eigenvalue weighted by Gasteiger charge is 2.15. The molecule has 5 heteroatoms. The molecule has 0 amide bonds. The van der Waals surface area contributed by atoms with E-state index in [4.69, 9.17) is 22.1 Å². The van der Waals surface area contributed by atoms with E-state index in [1.165, 1.54) is 0 Å². The zero-order valence-electron chi connectivity index (χ0n) is 11.4. The monoisotopic (exact) mass is 291 g/mol. The number of rotatable bonds is 6. The summed E-state index contributed by atoms with van der Waals surface area (Å²) in [5.74, 6) is 0.803. The van der Waals surface area contributed by atoms with Gasteiger partial charge in [0, 0.05) is 18.9 Å². The van der Waals surface area contributed by atoms with E-state index in [0.717, 1.165) is 30.1 Å². The molecular weight excluding hydrogens is 274 g/mol. The van der Waals surface area contributed by atoms with Crippen LogP contribution in [0.3, 0.4) is 0 Å². The average Bonchev–Trinajstić information content (AvgIpc) is 2.49. The number of pyridine rings is 1. The van der Waals surface area contributed by atoms with Gasteiger partial charge in [-0.15, -0.1) is 0 Å². The van der Waals surface area contributed by atoms with Gasteiger partial charge in [0.05, 0.1) is 23.5 Å². The number of hydrogen-bond donors (Lipinski definition) is 1. The summed E-state index contributed by atoms with van der Waals surface area (Å²) in [5, 5.41) is 0.607. The zero-order valence-corrected chi connectivity index (χ0v) is 12.2. The van der Waals surface area contributed by atoms with Crippen molar-refractivity contribution >= 4 is 23.0 Å². The van der Waals surface area contributed by atoms with E-state index in [9.17, 15) is 0 Å². The van der Waals surface area contributed by atoms with Gasteiger partial charge in [-0.25, -0.2) is 0 Å². The van der Waals surface area contributed by atoms with Gasteiger partial charge in [-0.2, -0.15) is 0 Å². The van der Waals surface area contributed by atoms with Gasteiger partial charge in [-0.3, -0.25) is 4.98 Å².